The maximum absolute atomic E-state index is 8.78. The number of H-pyrrole nitrogens is 1. The highest BCUT2D eigenvalue weighted by Gasteiger charge is 2.08. The van der Waals surface area contributed by atoms with Crippen molar-refractivity contribution in [1.82, 2.24) is 15.1 Å². The van der Waals surface area contributed by atoms with E-state index in [9.17, 15) is 0 Å². The monoisotopic (exact) mass is 229 g/mol. The first-order chi connectivity index (χ1) is 8.36. The van der Waals surface area contributed by atoms with E-state index in [0.29, 0.717) is 18.1 Å². The van der Waals surface area contributed by atoms with Gasteiger partial charge in [0.15, 0.2) is 0 Å². The highest BCUT2D eigenvalue weighted by atomic mass is 16.5. The molecule has 1 aromatic carbocycles. The van der Waals surface area contributed by atoms with Gasteiger partial charge in [0.2, 0.25) is 11.7 Å². The minimum atomic E-state index is 0.0112. The second kappa shape index (κ2) is 4.03. The lowest BCUT2D eigenvalue weighted by Gasteiger charge is -1.94. The van der Waals surface area contributed by atoms with Crippen molar-refractivity contribution in [1.29, 1.82) is 0 Å². The summed E-state index contributed by atoms with van der Waals surface area (Å²) in [6.45, 7) is 0.0112. The molecule has 0 unspecified atom stereocenters. The number of nitrogens with one attached hydrogen (secondary N) is 1. The smallest absolute Gasteiger partial charge is 0.229 e. The Morgan fingerprint density at radius 3 is 3.12 bits per heavy atom. The average Bonchev–Trinajstić information content (AvgIpc) is 2.96. The van der Waals surface area contributed by atoms with E-state index in [-0.39, 0.29) is 6.61 Å². The van der Waals surface area contributed by atoms with Crippen LogP contribution in [0.5, 0.6) is 0 Å². The van der Waals surface area contributed by atoms with Crippen molar-refractivity contribution in [2.75, 3.05) is 6.61 Å². The summed E-state index contributed by atoms with van der Waals surface area (Å²) in [5, 5.41) is 13.8. The predicted octanol–water partition coefficient (Wildman–Crippen LogP) is 1.75. The summed E-state index contributed by atoms with van der Waals surface area (Å²) in [6.07, 6.45) is 2.28. The van der Waals surface area contributed by atoms with Crippen molar-refractivity contribution in [2.24, 2.45) is 0 Å². The summed E-state index contributed by atoms with van der Waals surface area (Å²) in [4.78, 5) is 7.35. The molecule has 3 rings (SSSR count). The molecule has 0 aliphatic carbocycles. The lowest BCUT2D eigenvalue weighted by Crippen LogP contribution is -1.90. The first kappa shape index (κ1) is 10.0. The Morgan fingerprint density at radius 1 is 1.29 bits per heavy atom. The Bertz CT molecular complexity index is 642. The molecule has 2 N–H and O–H groups in total. The van der Waals surface area contributed by atoms with Gasteiger partial charge in [0, 0.05) is 17.3 Å². The molecule has 17 heavy (non-hydrogen) atoms. The fraction of sp³-hybridized carbons (Fsp3) is 0.167. The summed E-state index contributed by atoms with van der Waals surface area (Å²) in [5.41, 5.74) is 1.93. The van der Waals surface area contributed by atoms with Crippen molar-refractivity contribution in [3.05, 3.63) is 36.4 Å². The molecule has 0 aliphatic heterocycles. The normalized spacial score (nSPS) is 11.1. The number of hydrogen-bond acceptors (Lipinski definition) is 4. The van der Waals surface area contributed by atoms with Crippen molar-refractivity contribution < 1.29 is 9.63 Å². The van der Waals surface area contributed by atoms with Crippen molar-refractivity contribution in [2.45, 2.75) is 6.42 Å². The Morgan fingerprint density at radius 2 is 2.24 bits per heavy atom. The number of aromatic amines is 1. The fourth-order valence-corrected chi connectivity index (χ4v) is 1.76. The van der Waals surface area contributed by atoms with E-state index >= 15 is 0 Å². The molecule has 0 amide bonds. The Hall–Kier alpha value is -2.14. The third-order valence-electron chi connectivity index (χ3n) is 2.61. The molecule has 0 saturated carbocycles. The predicted molar refractivity (Wildman–Crippen MR) is 62.4 cm³/mol. The Balaban J connectivity index is 2.00. The van der Waals surface area contributed by atoms with Crippen molar-refractivity contribution >= 4 is 10.9 Å². The number of rotatable bonds is 3. The van der Waals surface area contributed by atoms with E-state index in [1.807, 2.05) is 30.5 Å². The van der Waals surface area contributed by atoms with Gasteiger partial charge in [0.05, 0.1) is 13.0 Å². The molecule has 0 aliphatic rings. The summed E-state index contributed by atoms with van der Waals surface area (Å²) in [6, 6.07) is 7.93. The molecule has 86 valence electrons. The molecule has 3 aromatic rings. The van der Waals surface area contributed by atoms with Crippen LogP contribution in [0.25, 0.3) is 22.3 Å². The first-order valence-electron chi connectivity index (χ1n) is 5.38. The number of fused-ring (bicyclic) bond motifs is 1. The number of hydrogen-bond donors (Lipinski definition) is 2. The van der Waals surface area contributed by atoms with E-state index in [1.165, 1.54) is 0 Å². The van der Waals surface area contributed by atoms with Crippen LogP contribution in [0.3, 0.4) is 0 Å². The van der Waals surface area contributed by atoms with Gasteiger partial charge < -0.3 is 14.6 Å². The molecule has 5 nitrogen and oxygen atoms in total. The zero-order valence-corrected chi connectivity index (χ0v) is 9.05. The maximum atomic E-state index is 8.78. The van der Waals surface area contributed by atoms with E-state index in [1.54, 1.807) is 0 Å². The van der Waals surface area contributed by atoms with Gasteiger partial charge in [-0.1, -0.05) is 17.3 Å². The van der Waals surface area contributed by atoms with E-state index < -0.39 is 0 Å². The first-order valence-corrected chi connectivity index (χ1v) is 5.38. The van der Waals surface area contributed by atoms with Gasteiger partial charge in [-0.05, 0) is 17.5 Å². The van der Waals surface area contributed by atoms with E-state index in [2.05, 4.69) is 15.1 Å². The van der Waals surface area contributed by atoms with Crippen LogP contribution in [-0.4, -0.2) is 26.8 Å². The van der Waals surface area contributed by atoms with Gasteiger partial charge in [-0.3, -0.25) is 0 Å². The topological polar surface area (TPSA) is 74.9 Å². The van der Waals surface area contributed by atoms with Gasteiger partial charge in [-0.15, -0.1) is 0 Å². The van der Waals surface area contributed by atoms with Crippen LogP contribution in [-0.2, 0) is 6.42 Å². The second-order valence-corrected chi connectivity index (χ2v) is 3.77. The molecule has 0 radical (unpaired) electrons. The minimum absolute atomic E-state index is 0.0112. The zero-order valence-electron chi connectivity index (χ0n) is 9.05. The molecule has 0 saturated heterocycles. The number of benzene rings is 1. The standard InChI is InChI=1S/C12H11N3O2/c16-6-4-11-14-12(15-17-11)9-2-1-8-3-5-13-10(8)7-9/h1-3,5,7,13,16H,4,6H2. The van der Waals surface area contributed by atoms with E-state index in [4.69, 9.17) is 9.63 Å². The fourth-order valence-electron chi connectivity index (χ4n) is 1.76. The quantitative estimate of drug-likeness (QED) is 0.717. The third-order valence-corrected chi connectivity index (χ3v) is 2.61. The van der Waals surface area contributed by atoms with Crippen molar-refractivity contribution in [3.63, 3.8) is 0 Å². The number of nitrogens with zero attached hydrogens (tertiary/aromatic N) is 2. The number of aliphatic hydroxyl groups excluding tert-OH is 1. The maximum Gasteiger partial charge on any atom is 0.229 e. The molecular weight excluding hydrogens is 218 g/mol. The van der Waals surface area contributed by atoms with Gasteiger partial charge in [0.1, 0.15) is 0 Å². The van der Waals surface area contributed by atoms with Crippen LogP contribution in [0.2, 0.25) is 0 Å². The number of aliphatic hydroxyl groups is 1. The molecule has 5 heteroatoms. The highest BCUT2D eigenvalue weighted by molar-refractivity contribution is 5.83. The Kier molecular flexibility index (Phi) is 2.38. The summed E-state index contributed by atoms with van der Waals surface area (Å²) in [7, 11) is 0. The van der Waals surface area contributed by atoms with E-state index in [0.717, 1.165) is 16.5 Å². The summed E-state index contributed by atoms with van der Waals surface area (Å²) in [5.74, 6) is 0.999. The Labute approximate surface area is 97.1 Å². The summed E-state index contributed by atoms with van der Waals surface area (Å²) >= 11 is 0. The molecule has 0 fully saturated rings. The van der Waals surface area contributed by atoms with Crippen LogP contribution in [0, 0.1) is 0 Å². The molecule has 0 bridgehead atoms. The van der Waals surface area contributed by atoms with Crippen LogP contribution >= 0.6 is 0 Å². The number of aromatic nitrogens is 3. The molecule has 0 atom stereocenters. The lowest BCUT2D eigenvalue weighted by molar-refractivity contribution is 0.274. The largest absolute Gasteiger partial charge is 0.396 e. The van der Waals surface area contributed by atoms with Crippen LogP contribution in [0.15, 0.2) is 35.0 Å². The van der Waals surface area contributed by atoms with Gasteiger partial charge in [0.25, 0.3) is 0 Å². The average molecular weight is 229 g/mol. The molecule has 0 spiro atoms. The molecule has 2 aromatic heterocycles. The SMILES string of the molecule is OCCc1nc(-c2ccc3cc[nH]c3c2)no1. The minimum Gasteiger partial charge on any atom is -0.396 e. The second-order valence-electron chi connectivity index (χ2n) is 3.77. The van der Waals surface area contributed by atoms with Gasteiger partial charge in [-0.25, -0.2) is 0 Å². The third kappa shape index (κ3) is 1.81. The zero-order chi connectivity index (χ0) is 11.7. The molecular formula is C12H11N3O2. The summed E-state index contributed by atoms with van der Waals surface area (Å²) < 4.78 is 5.02. The van der Waals surface area contributed by atoms with Crippen LogP contribution in [0.4, 0.5) is 0 Å². The highest BCUT2D eigenvalue weighted by Crippen LogP contribution is 2.21. The van der Waals surface area contributed by atoms with Gasteiger partial charge in [-0.2, -0.15) is 4.98 Å². The molecule has 2 heterocycles. The van der Waals surface area contributed by atoms with Crippen LogP contribution in [0.1, 0.15) is 5.89 Å². The van der Waals surface area contributed by atoms with Crippen LogP contribution < -0.4 is 0 Å². The van der Waals surface area contributed by atoms with Crippen molar-refractivity contribution in [3.8, 4) is 11.4 Å². The lowest BCUT2D eigenvalue weighted by atomic mass is 10.1. The van der Waals surface area contributed by atoms with Gasteiger partial charge >= 0.3 is 0 Å².